The molecule has 3 aromatic rings. The van der Waals surface area contributed by atoms with Gasteiger partial charge in [-0.15, -0.1) is 0 Å². The third kappa shape index (κ3) is 4.22. The summed E-state index contributed by atoms with van der Waals surface area (Å²) in [7, 11) is 4.55. The van der Waals surface area contributed by atoms with Gasteiger partial charge in [-0.1, -0.05) is 12.1 Å². The molecule has 0 saturated carbocycles. The second kappa shape index (κ2) is 9.74. The molecule has 1 N–H and O–H groups in total. The molecule has 0 bridgehead atoms. The van der Waals surface area contributed by atoms with Gasteiger partial charge in [0, 0.05) is 12.6 Å². The predicted molar refractivity (Wildman–Crippen MR) is 124 cm³/mol. The predicted octanol–water partition coefficient (Wildman–Crippen LogP) is 3.97. The van der Waals surface area contributed by atoms with Crippen molar-refractivity contribution in [2.45, 2.75) is 12.5 Å². The molecular formula is C26H25NO7. The maximum atomic E-state index is 13.1. The van der Waals surface area contributed by atoms with Crippen LogP contribution in [0, 0.1) is 0 Å². The molecule has 8 heteroatoms. The average molecular weight is 463 g/mol. The average Bonchev–Trinajstić information content (AvgIpc) is 3.49. The van der Waals surface area contributed by atoms with E-state index in [0.29, 0.717) is 23.7 Å². The molecule has 8 nitrogen and oxygen atoms in total. The number of carbonyl (C=O) groups excluding carboxylic acids is 2. The van der Waals surface area contributed by atoms with Gasteiger partial charge in [-0.05, 0) is 48.4 Å². The largest absolute Gasteiger partial charge is 0.507 e. The Labute approximate surface area is 197 Å². The number of Topliss-reactive ketones (excluding diaryl/α,β-unsaturated/α-hetero) is 1. The molecule has 1 saturated heterocycles. The Hall–Kier alpha value is -4.20. The van der Waals surface area contributed by atoms with Gasteiger partial charge in [-0.3, -0.25) is 9.59 Å². The lowest BCUT2D eigenvalue weighted by molar-refractivity contribution is -0.140. The Kier molecular flexibility index (Phi) is 6.58. The zero-order chi connectivity index (χ0) is 24.2. The van der Waals surface area contributed by atoms with Crippen molar-refractivity contribution in [2.24, 2.45) is 0 Å². The van der Waals surface area contributed by atoms with E-state index in [1.807, 2.05) is 24.3 Å². The van der Waals surface area contributed by atoms with Crippen molar-refractivity contribution >= 4 is 17.4 Å². The van der Waals surface area contributed by atoms with E-state index in [1.54, 1.807) is 37.4 Å². The van der Waals surface area contributed by atoms with Crippen LogP contribution in [0.25, 0.3) is 5.76 Å². The first-order valence-corrected chi connectivity index (χ1v) is 10.7. The molecule has 176 valence electrons. The van der Waals surface area contributed by atoms with Crippen LogP contribution in [0.5, 0.6) is 17.2 Å². The highest BCUT2D eigenvalue weighted by atomic mass is 16.5. The van der Waals surface area contributed by atoms with Gasteiger partial charge >= 0.3 is 0 Å². The van der Waals surface area contributed by atoms with Crippen molar-refractivity contribution in [1.82, 2.24) is 4.90 Å². The molecule has 1 aromatic heterocycles. The van der Waals surface area contributed by atoms with Gasteiger partial charge in [0.2, 0.25) is 0 Å². The molecule has 1 aliphatic heterocycles. The number of benzene rings is 2. The van der Waals surface area contributed by atoms with Crippen LogP contribution in [0.3, 0.4) is 0 Å². The van der Waals surface area contributed by atoms with E-state index in [2.05, 4.69) is 0 Å². The van der Waals surface area contributed by atoms with Crippen molar-refractivity contribution in [1.29, 1.82) is 0 Å². The second-order valence-corrected chi connectivity index (χ2v) is 7.67. The van der Waals surface area contributed by atoms with Crippen LogP contribution in [-0.2, 0) is 16.0 Å². The molecular weight excluding hydrogens is 438 g/mol. The minimum absolute atomic E-state index is 0.0573. The summed E-state index contributed by atoms with van der Waals surface area (Å²) in [6.07, 6.45) is 1.97. The van der Waals surface area contributed by atoms with Gasteiger partial charge in [0.25, 0.3) is 11.7 Å². The van der Waals surface area contributed by atoms with Gasteiger partial charge in [0.1, 0.15) is 34.8 Å². The topological polar surface area (TPSA) is 98.4 Å². The smallest absolute Gasteiger partial charge is 0.295 e. The maximum absolute atomic E-state index is 13.1. The number of nitrogens with zero attached hydrogens (tertiary/aromatic N) is 1. The van der Waals surface area contributed by atoms with Gasteiger partial charge in [-0.2, -0.15) is 0 Å². The first-order chi connectivity index (χ1) is 16.5. The number of hydrogen-bond acceptors (Lipinski definition) is 7. The highest BCUT2D eigenvalue weighted by Crippen LogP contribution is 2.41. The van der Waals surface area contributed by atoms with Gasteiger partial charge in [0.15, 0.2) is 0 Å². The molecule has 1 amide bonds. The Bertz CT molecular complexity index is 1210. The normalized spacial score (nSPS) is 17.1. The van der Waals surface area contributed by atoms with Gasteiger partial charge in [-0.25, -0.2) is 0 Å². The Morgan fingerprint density at radius 1 is 0.971 bits per heavy atom. The lowest BCUT2D eigenvalue weighted by Gasteiger charge is -2.23. The SMILES string of the molecule is COc1ccc(CCN2C(=O)C(=O)/C(=C(\O)c3ccc(OC)cc3OC)C2c2ccco2)cc1. The van der Waals surface area contributed by atoms with Crippen molar-refractivity contribution in [2.75, 3.05) is 27.9 Å². The van der Waals surface area contributed by atoms with Crippen LogP contribution >= 0.6 is 0 Å². The van der Waals surface area contributed by atoms with Crippen LogP contribution in [0.4, 0.5) is 0 Å². The van der Waals surface area contributed by atoms with E-state index in [4.69, 9.17) is 18.6 Å². The summed E-state index contributed by atoms with van der Waals surface area (Å²) in [5.41, 5.74) is 1.18. The molecule has 1 aliphatic rings. The van der Waals surface area contributed by atoms with E-state index < -0.39 is 17.7 Å². The number of amides is 1. The number of ketones is 1. The summed E-state index contributed by atoms with van der Waals surface area (Å²) in [6, 6.07) is 14.8. The number of carbonyl (C=O) groups is 2. The van der Waals surface area contributed by atoms with Crippen LogP contribution in [0.15, 0.2) is 70.9 Å². The molecule has 0 spiro atoms. The monoisotopic (exact) mass is 463 g/mol. The number of methoxy groups -OCH3 is 3. The third-order valence-electron chi connectivity index (χ3n) is 5.82. The minimum atomic E-state index is -0.875. The zero-order valence-corrected chi connectivity index (χ0v) is 19.1. The number of aliphatic hydroxyl groups is 1. The first-order valence-electron chi connectivity index (χ1n) is 10.7. The fourth-order valence-electron chi connectivity index (χ4n) is 4.03. The first kappa shape index (κ1) is 23.0. The van der Waals surface area contributed by atoms with E-state index in [-0.39, 0.29) is 23.4 Å². The van der Waals surface area contributed by atoms with E-state index in [1.165, 1.54) is 25.4 Å². The molecule has 0 aliphatic carbocycles. The lowest BCUT2D eigenvalue weighted by Crippen LogP contribution is -2.31. The summed E-state index contributed by atoms with van der Waals surface area (Å²) < 4.78 is 21.4. The molecule has 2 heterocycles. The van der Waals surface area contributed by atoms with E-state index in [9.17, 15) is 14.7 Å². The fraction of sp³-hybridized carbons (Fsp3) is 0.231. The highest BCUT2D eigenvalue weighted by molar-refractivity contribution is 6.46. The van der Waals surface area contributed by atoms with Crippen LogP contribution in [-0.4, -0.2) is 49.6 Å². The molecule has 34 heavy (non-hydrogen) atoms. The number of ether oxygens (including phenoxy) is 3. The van der Waals surface area contributed by atoms with Gasteiger partial charge in [0.05, 0.1) is 38.7 Å². The number of aliphatic hydroxyl groups excluding tert-OH is 1. The van der Waals surface area contributed by atoms with Crippen LogP contribution in [0.1, 0.15) is 22.9 Å². The van der Waals surface area contributed by atoms with Gasteiger partial charge < -0.3 is 28.6 Å². The second-order valence-electron chi connectivity index (χ2n) is 7.67. The minimum Gasteiger partial charge on any atom is -0.507 e. The van der Waals surface area contributed by atoms with E-state index >= 15 is 0 Å². The summed E-state index contributed by atoms with van der Waals surface area (Å²) in [5, 5.41) is 11.2. The molecule has 2 aromatic carbocycles. The van der Waals surface area contributed by atoms with E-state index in [0.717, 1.165) is 11.3 Å². The molecule has 1 unspecified atom stereocenters. The Morgan fingerprint density at radius 3 is 2.29 bits per heavy atom. The summed E-state index contributed by atoms with van der Waals surface area (Å²) in [6.45, 7) is 0.249. The van der Waals surface area contributed by atoms with Crippen molar-refractivity contribution in [3.05, 3.63) is 83.3 Å². The fourth-order valence-corrected chi connectivity index (χ4v) is 4.03. The molecule has 1 fully saturated rings. The van der Waals surface area contributed by atoms with Crippen molar-refractivity contribution in [3.63, 3.8) is 0 Å². The standard InChI is InChI=1S/C26H25NO7/c1-31-17-8-6-16(7-9-17)12-13-27-23(20-5-4-14-34-20)22(25(29)26(27)30)24(28)19-11-10-18(32-2)15-21(19)33-3/h4-11,14-15,23,28H,12-13H2,1-3H3/b24-22-. The Morgan fingerprint density at radius 2 is 1.68 bits per heavy atom. The third-order valence-corrected chi connectivity index (χ3v) is 5.82. The highest BCUT2D eigenvalue weighted by Gasteiger charge is 2.47. The summed E-state index contributed by atoms with van der Waals surface area (Å²) >= 11 is 0. The molecule has 4 rings (SSSR count). The number of rotatable bonds is 8. The van der Waals surface area contributed by atoms with Crippen LogP contribution in [0.2, 0.25) is 0 Å². The number of hydrogen-bond donors (Lipinski definition) is 1. The van der Waals surface area contributed by atoms with Crippen LogP contribution < -0.4 is 14.2 Å². The van der Waals surface area contributed by atoms with Crippen molar-refractivity contribution < 1.29 is 33.3 Å². The lowest BCUT2D eigenvalue weighted by atomic mass is 9.98. The Balaban J connectivity index is 1.73. The maximum Gasteiger partial charge on any atom is 0.295 e. The zero-order valence-electron chi connectivity index (χ0n) is 19.1. The summed E-state index contributed by atoms with van der Waals surface area (Å²) in [5.74, 6) is 0.105. The summed E-state index contributed by atoms with van der Waals surface area (Å²) in [4.78, 5) is 27.6. The molecule has 0 radical (unpaired) electrons. The molecule has 1 atom stereocenters. The number of likely N-dealkylation sites (tertiary alicyclic amines) is 1. The van der Waals surface area contributed by atoms with Crippen molar-refractivity contribution in [3.8, 4) is 17.2 Å². The number of furan rings is 1. The quantitative estimate of drug-likeness (QED) is 0.307.